The van der Waals surface area contributed by atoms with Crippen molar-refractivity contribution in [1.29, 1.82) is 0 Å². The minimum atomic E-state index is 0.131. The highest BCUT2D eigenvalue weighted by atomic mass is 16.3. The molecule has 0 bridgehead atoms. The fraction of sp³-hybridized carbons (Fsp3) is 0.0526. The van der Waals surface area contributed by atoms with Crippen LogP contribution in [-0.2, 0) is 6.42 Å². The quantitative estimate of drug-likeness (QED) is 0.403. The average molecular weight is 273 g/mol. The van der Waals surface area contributed by atoms with Gasteiger partial charge in [0, 0.05) is 0 Å². The highest BCUT2D eigenvalue weighted by Crippen LogP contribution is 2.43. The van der Waals surface area contributed by atoms with Crippen LogP contribution in [0.5, 0.6) is 5.75 Å². The molecule has 1 aliphatic carbocycles. The summed E-state index contributed by atoms with van der Waals surface area (Å²) in [5, 5.41) is 9.62. The van der Waals surface area contributed by atoms with Crippen LogP contribution in [-0.4, -0.2) is 5.11 Å². The number of hydrogen-bond donors (Lipinski definition) is 2. The van der Waals surface area contributed by atoms with Crippen molar-refractivity contribution < 1.29 is 5.11 Å². The Bertz CT molecular complexity index is 852. The Morgan fingerprint density at radius 1 is 0.810 bits per heavy atom. The minimum absolute atomic E-state index is 0.131. The molecule has 4 rings (SSSR count). The van der Waals surface area contributed by atoms with Crippen molar-refractivity contribution in [3.05, 3.63) is 71.8 Å². The number of rotatable bonds is 1. The molecule has 0 radical (unpaired) electrons. The summed E-state index contributed by atoms with van der Waals surface area (Å²) in [4.78, 5) is 0. The molecule has 0 aliphatic heterocycles. The molecule has 0 unspecified atom stereocenters. The molecule has 0 amide bonds. The van der Waals surface area contributed by atoms with E-state index < -0.39 is 0 Å². The number of aromatic hydroxyl groups is 1. The third kappa shape index (κ3) is 1.80. The molecule has 0 saturated carbocycles. The summed E-state index contributed by atoms with van der Waals surface area (Å²) in [6.07, 6.45) is 0.979. The summed E-state index contributed by atoms with van der Waals surface area (Å²) in [6.45, 7) is 0. The maximum Gasteiger partial charge on any atom is 0.138 e. The van der Waals surface area contributed by atoms with Gasteiger partial charge < -0.3 is 10.8 Å². The van der Waals surface area contributed by atoms with Crippen LogP contribution in [0.3, 0.4) is 0 Å². The lowest BCUT2D eigenvalue weighted by Crippen LogP contribution is -1.89. The zero-order valence-corrected chi connectivity index (χ0v) is 11.5. The van der Waals surface area contributed by atoms with Gasteiger partial charge in [0.25, 0.3) is 0 Å². The molecule has 0 aromatic heterocycles. The van der Waals surface area contributed by atoms with E-state index in [-0.39, 0.29) is 5.75 Å². The first-order valence-corrected chi connectivity index (χ1v) is 7.03. The van der Waals surface area contributed by atoms with Gasteiger partial charge >= 0.3 is 0 Å². The van der Waals surface area contributed by atoms with Gasteiger partial charge in [-0.1, -0.05) is 48.5 Å². The summed E-state index contributed by atoms with van der Waals surface area (Å²) in [5.74, 6) is 0.131. The monoisotopic (exact) mass is 273 g/mol. The van der Waals surface area contributed by atoms with E-state index in [4.69, 9.17) is 5.73 Å². The number of benzene rings is 3. The second-order valence-electron chi connectivity index (χ2n) is 5.45. The van der Waals surface area contributed by atoms with Gasteiger partial charge in [0.1, 0.15) is 5.75 Å². The molecule has 102 valence electrons. The van der Waals surface area contributed by atoms with Crippen molar-refractivity contribution in [2.45, 2.75) is 6.42 Å². The van der Waals surface area contributed by atoms with Gasteiger partial charge in [0.2, 0.25) is 0 Å². The van der Waals surface area contributed by atoms with Crippen LogP contribution < -0.4 is 5.73 Å². The van der Waals surface area contributed by atoms with Crippen molar-refractivity contribution >= 4 is 5.69 Å². The molecule has 0 spiro atoms. The van der Waals surface area contributed by atoms with Crippen LogP contribution in [0.15, 0.2) is 60.7 Å². The molecular weight excluding hydrogens is 258 g/mol. The molecular formula is C19H15NO. The summed E-state index contributed by atoms with van der Waals surface area (Å²) in [7, 11) is 0. The van der Waals surface area contributed by atoms with E-state index >= 15 is 0 Å². The van der Waals surface area contributed by atoms with E-state index in [1.807, 2.05) is 12.1 Å². The van der Waals surface area contributed by atoms with Gasteiger partial charge in [-0.15, -0.1) is 0 Å². The van der Waals surface area contributed by atoms with E-state index in [1.165, 1.54) is 27.8 Å². The molecule has 1 aliphatic rings. The molecule has 0 atom stereocenters. The Kier molecular flexibility index (Phi) is 2.51. The van der Waals surface area contributed by atoms with E-state index in [0.29, 0.717) is 5.69 Å². The van der Waals surface area contributed by atoms with Gasteiger partial charge in [-0.25, -0.2) is 0 Å². The average Bonchev–Trinajstić information content (AvgIpc) is 2.88. The van der Waals surface area contributed by atoms with Crippen LogP contribution in [0.25, 0.3) is 22.3 Å². The van der Waals surface area contributed by atoms with E-state index in [2.05, 4.69) is 42.5 Å². The maximum atomic E-state index is 9.62. The van der Waals surface area contributed by atoms with Crippen LogP contribution in [0.1, 0.15) is 11.1 Å². The van der Waals surface area contributed by atoms with Crippen LogP contribution in [0.4, 0.5) is 5.69 Å². The van der Waals surface area contributed by atoms with E-state index in [0.717, 1.165) is 12.0 Å². The Hall–Kier alpha value is -2.74. The van der Waals surface area contributed by atoms with Crippen molar-refractivity contribution in [3.8, 4) is 28.0 Å². The molecule has 3 N–H and O–H groups in total. The third-order valence-corrected chi connectivity index (χ3v) is 4.16. The summed E-state index contributed by atoms with van der Waals surface area (Å²) < 4.78 is 0. The zero-order valence-electron chi connectivity index (χ0n) is 11.5. The minimum Gasteiger partial charge on any atom is -0.506 e. The third-order valence-electron chi connectivity index (χ3n) is 4.16. The Labute approximate surface area is 123 Å². The first-order valence-electron chi connectivity index (χ1n) is 7.03. The maximum absolute atomic E-state index is 9.62. The summed E-state index contributed by atoms with van der Waals surface area (Å²) in [6, 6.07) is 20.3. The highest BCUT2D eigenvalue weighted by molar-refractivity contribution is 5.91. The molecule has 2 heteroatoms. The van der Waals surface area contributed by atoms with Crippen LogP contribution >= 0.6 is 0 Å². The Morgan fingerprint density at radius 2 is 1.57 bits per heavy atom. The predicted molar refractivity (Wildman–Crippen MR) is 86.2 cm³/mol. The predicted octanol–water partition coefficient (Wildman–Crippen LogP) is 4.21. The fourth-order valence-corrected chi connectivity index (χ4v) is 3.15. The molecule has 0 fully saturated rings. The van der Waals surface area contributed by atoms with E-state index in [9.17, 15) is 5.11 Å². The van der Waals surface area contributed by atoms with Crippen LogP contribution in [0.2, 0.25) is 0 Å². The SMILES string of the molecule is Nc1cc(-c2cccc3c2-c2ccccc2C3)ccc1O. The molecule has 0 heterocycles. The molecule has 3 aromatic rings. The summed E-state index contributed by atoms with van der Waals surface area (Å²) in [5.41, 5.74) is 13.8. The number of nitrogens with two attached hydrogens (primary N) is 1. The second-order valence-corrected chi connectivity index (χ2v) is 5.45. The number of phenols is 1. The number of fused-ring (bicyclic) bond motifs is 3. The van der Waals surface area contributed by atoms with Crippen molar-refractivity contribution in [1.82, 2.24) is 0 Å². The van der Waals surface area contributed by atoms with Gasteiger partial charge in [0.15, 0.2) is 0 Å². The lowest BCUT2D eigenvalue weighted by Gasteiger charge is -2.11. The largest absolute Gasteiger partial charge is 0.506 e. The first kappa shape index (κ1) is 12.0. The van der Waals surface area contributed by atoms with Gasteiger partial charge in [-0.05, 0) is 51.9 Å². The Morgan fingerprint density at radius 3 is 2.43 bits per heavy atom. The van der Waals surface area contributed by atoms with Gasteiger partial charge in [-0.3, -0.25) is 0 Å². The van der Waals surface area contributed by atoms with Crippen molar-refractivity contribution in [3.63, 3.8) is 0 Å². The normalized spacial score (nSPS) is 12.0. The first-order chi connectivity index (χ1) is 10.2. The highest BCUT2D eigenvalue weighted by Gasteiger charge is 2.21. The topological polar surface area (TPSA) is 46.2 Å². The molecule has 3 aromatic carbocycles. The number of hydrogen-bond acceptors (Lipinski definition) is 2. The number of phenolic OH excluding ortho intramolecular Hbond substituents is 1. The van der Waals surface area contributed by atoms with Crippen molar-refractivity contribution in [2.24, 2.45) is 0 Å². The number of nitrogen functional groups attached to an aromatic ring is 1. The van der Waals surface area contributed by atoms with Gasteiger partial charge in [-0.2, -0.15) is 0 Å². The van der Waals surface area contributed by atoms with Gasteiger partial charge in [0.05, 0.1) is 5.69 Å². The second kappa shape index (κ2) is 4.38. The summed E-state index contributed by atoms with van der Waals surface area (Å²) >= 11 is 0. The lowest BCUT2D eigenvalue weighted by molar-refractivity contribution is 0.478. The van der Waals surface area contributed by atoms with E-state index in [1.54, 1.807) is 6.07 Å². The number of anilines is 1. The smallest absolute Gasteiger partial charge is 0.138 e. The molecule has 21 heavy (non-hydrogen) atoms. The zero-order chi connectivity index (χ0) is 14.4. The standard InChI is InChI=1S/C19H15NO/c20-17-11-13(8-9-18(17)21)16-7-3-5-14-10-12-4-1-2-6-15(12)19(14)16/h1-9,11,21H,10,20H2. The molecule has 0 saturated heterocycles. The van der Waals surface area contributed by atoms with Crippen molar-refractivity contribution in [2.75, 3.05) is 5.73 Å². The lowest BCUT2D eigenvalue weighted by atomic mass is 9.94. The molecule has 2 nitrogen and oxygen atoms in total. The fourth-order valence-electron chi connectivity index (χ4n) is 3.15. The van der Waals surface area contributed by atoms with Crippen LogP contribution in [0, 0.1) is 0 Å². The Balaban J connectivity index is 1.97.